The molecule has 152 valence electrons. The van der Waals surface area contributed by atoms with E-state index in [4.69, 9.17) is 4.74 Å². The first-order chi connectivity index (χ1) is 13.1. The predicted octanol–water partition coefficient (Wildman–Crippen LogP) is 4.54. The number of halogens is 3. The van der Waals surface area contributed by atoms with Gasteiger partial charge in [-0.15, -0.1) is 0 Å². The lowest BCUT2D eigenvalue weighted by Gasteiger charge is -2.21. The summed E-state index contributed by atoms with van der Waals surface area (Å²) < 4.78 is 42.4. The number of benzene rings is 1. The molecule has 0 aliphatic carbocycles. The number of H-pyrrole nitrogens is 1. The van der Waals surface area contributed by atoms with Crippen LogP contribution in [0.3, 0.4) is 0 Å². The van der Waals surface area contributed by atoms with Gasteiger partial charge in [0, 0.05) is 24.5 Å². The van der Waals surface area contributed by atoms with Gasteiger partial charge in [-0.3, -0.25) is 9.59 Å². The number of aromatic amines is 1. The first-order valence-electron chi connectivity index (χ1n) is 8.57. The molecule has 0 fully saturated rings. The molecular weight excluding hydrogens is 393 g/mol. The molecule has 0 saturated carbocycles. The number of hydrogen-bond donors (Lipinski definition) is 1. The molecule has 0 radical (unpaired) electrons. The Balaban J connectivity index is 2.21. The largest absolute Gasteiger partial charge is 0.446 e. The Kier molecular flexibility index (Phi) is 7.42. The average molecular weight is 414 g/mol. The third kappa shape index (κ3) is 6.49. The molecule has 1 atom stereocenters. The number of alkyl halides is 3. The van der Waals surface area contributed by atoms with Crippen LogP contribution in [0.4, 0.5) is 13.2 Å². The molecule has 1 aromatic heterocycles. The second-order valence-electron chi connectivity index (χ2n) is 6.60. The number of aromatic nitrogens is 2. The third-order valence-electron chi connectivity index (χ3n) is 4.11. The van der Waals surface area contributed by atoms with Crippen LogP contribution in [0.2, 0.25) is 0 Å². The maximum absolute atomic E-state index is 12.7. The van der Waals surface area contributed by atoms with E-state index < -0.39 is 11.1 Å². The van der Waals surface area contributed by atoms with Gasteiger partial charge in [-0.1, -0.05) is 26.0 Å². The molecule has 1 aromatic carbocycles. The van der Waals surface area contributed by atoms with Crippen LogP contribution < -0.4 is 5.56 Å². The average Bonchev–Trinajstić information content (AvgIpc) is 2.58. The first kappa shape index (κ1) is 22.2. The van der Waals surface area contributed by atoms with Crippen LogP contribution >= 0.6 is 11.8 Å². The summed E-state index contributed by atoms with van der Waals surface area (Å²) >= 11 is -0.179. The van der Waals surface area contributed by atoms with Crippen LogP contribution in [-0.2, 0) is 11.3 Å². The number of methoxy groups -OCH3 is 1. The van der Waals surface area contributed by atoms with E-state index in [-0.39, 0.29) is 58.8 Å². The van der Waals surface area contributed by atoms with Crippen LogP contribution in [0.15, 0.2) is 40.0 Å². The van der Waals surface area contributed by atoms with E-state index in [0.717, 1.165) is 11.6 Å². The zero-order valence-electron chi connectivity index (χ0n) is 15.7. The van der Waals surface area contributed by atoms with Crippen molar-refractivity contribution < 1.29 is 22.7 Å². The molecule has 0 saturated heterocycles. The SMILES string of the molecule is COCc1nc(C(=O)C[C@@H](c2ccc(SC(F)(F)F)cc2)C(C)C)cc(=O)[nH]1. The molecule has 0 amide bonds. The topological polar surface area (TPSA) is 72.0 Å². The summed E-state index contributed by atoms with van der Waals surface area (Å²) in [5.74, 6) is -0.209. The molecule has 0 aliphatic heterocycles. The Morgan fingerprint density at radius 3 is 2.43 bits per heavy atom. The number of ketones is 1. The lowest BCUT2D eigenvalue weighted by Crippen LogP contribution is -2.19. The van der Waals surface area contributed by atoms with Crippen molar-refractivity contribution in [1.82, 2.24) is 9.97 Å². The molecular formula is C19H21F3N2O3S. The van der Waals surface area contributed by atoms with Gasteiger partial charge in [0.05, 0.1) is 0 Å². The predicted molar refractivity (Wildman–Crippen MR) is 100 cm³/mol. The molecule has 0 unspecified atom stereocenters. The zero-order valence-corrected chi connectivity index (χ0v) is 16.5. The van der Waals surface area contributed by atoms with Crippen LogP contribution in [0, 0.1) is 5.92 Å². The molecule has 2 aromatic rings. The number of nitrogens with zero attached hydrogens (tertiary/aromatic N) is 1. The Bertz CT molecular complexity index is 864. The number of hydrogen-bond acceptors (Lipinski definition) is 5. The highest BCUT2D eigenvalue weighted by molar-refractivity contribution is 8.00. The number of carbonyl (C=O) groups excluding carboxylic acids is 1. The van der Waals surface area contributed by atoms with E-state index in [1.54, 1.807) is 12.1 Å². The second-order valence-corrected chi connectivity index (χ2v) is 7.74. The number of carbonyl (C=O) groups is 1. The number of ether oxygens (including phenoxy) is 1. The van der Waals surface area contributed by atoms with Crippen molar-refractivity contribution in [3.05, 3.63) is 57.8 Å². The van der Waals surface area contributed by atoms with Crippen LogP contribution in [0.1, 0.15) is 48.1 Å². The van der Waals surface area contributed by atoms with Gasteiger partial charge in [0.15, 0.2) is 5.78 Å². The van der Waals surface area contributed by atoms with Crippen molar-refractivity contribution >= 4 is 17.5 Å². The van der Waals surface area contributed by atoms with Crippen molar-refractivity contribution in [2.45, 2.75) is 43.2 Å². The third-order valence-corrected chi connectivity index (χ3v) is 4.85. The highest BCUT2D eigenvalue weighted by Crippen LogP contribution is 2.38. The maximum Gasteiger partial charge on any atom is 0.446 e. The number of nitrogens with one attached hydrogen (secondary N) is 1. The Labute approximate surface area is 164 Å². The van der Waals surface area contributed by atoms with Gasteiger partial charge in [0.2, 0.25) is 0 Å². The number of thioether (sulfide) groups is 1. The monoisotopic (exact) mass is 414 g/mol. The van der Waals surface area contributed by atoms with Crippen LogP contribution in [0.25, 0.3) is 0 Å². The van der Waals surface area contributed by atoms with Crippen molar-refractivity contribution in [3.8, 4) is 0 Å². The highest BCUT2D eigenvalue weighted by atomic mass is 32.2. The summed E-state index contributed by atoms with van der Waals surface area (Å²) in [6.07, 6.45) is 0.0896. The highest BCUT2D eigenvalue weighted by Gasteiger charge is 2.29. The molecule has 9 heteroatoms. The lowest BCUT2D eigenvalue weighted by atomic mass is 9.84. The Hall–Kier alpha value is -2.13. The van der Waals surface area contributed by atoms with Crippen molar-refractivity contribution in [2.75, 3.05) is 7.11 Å². The normalized spacial score (nSPS) is 13.0. The van der Waals surface area contributed by atoms with Crippen molar-refractivity contribution in [2.24, 2.45) is 5.92 Å². The molecule has 0 aliphatic rings. The first-order valence-corrected chi connectivity index (χ1v) is 9.38. The van der Waals surface area contributed by atoms with Gasteiger partial charge in [-0.25, -0.2) is 4.98 Å². The number of Topliss-reactive ketones (excluding diaryl/α,β-unsaturated/α-hetero) is 1. The van der Waals surface area contributed by atoms with E-state index in [1.807, 2.05) is 13.8 Å². The summed E-state index contributed by atoms with van der Waals surface area (Å²) in [4.78, 5) is 31.1. The van der Waals surface area contributed by atoms with Gasteiger partial charge in [-0.05, 0) is 41.3 Å². The van der Waals surface area contributed by atoms with Gasteiger partial charge in [-0.2, -0.15) is 13.2 Å². The molecule has 1 heterocycles. The fraction of sp³-hybridized carbons (Fsp3) is 0.421. The molecule has 5 nitrogen and oxygen atoms in total. The van der Waals surface area contributed by atoms with Gasteiger partial charge < -0.3 is 9.72 Å². The summed E-state index contributed by atoms with van der Waals surface area (Å²) in [6, 6.07) is 7.15. The minimum Gasteiger partial charge on any atom is -0.377 e. The summed E-state index contributed by atoms with van der Waals surface area (Å²) in [6.45, 7) is 3.93. The Morgan fingerprint density at radius 1 is 1.25 bits per heavy atom. The van der Waals surface area contributed by atoms with Crippen LogP contribution in [-0.4, -0.2) is 28.4 Å². The van der Waals surface area contributed by atoms with E-state index >= 15 is 0 Å². The van der Waals surface area contributed by atoms with Crippen molar-refractivity contribution in [1.29, 1.82) is 0 Å². The maximum atomic E-state index is 12.7. The Morgan fingerprint density at radius 2 is 1.89 bits per heavy atom. The standard InChI is InChI=1S/C19H21F3N2O3S/c1-11(2)14(12-4-6-13(7-5-12)28-19(20,21)22)8-16(25)15-9-18(26)24-17(23-15)10-27-3/h4-7,9,11,14H,8,10H2,1-3H3,(H,23,24,26)/t14-/m1/s1. The van der Waals surface area contributed by atoms with E-state index in [2.05, 4.69) is 9.97 Å². The van der Waals surface area contributed by atoms with E-state index in [0.29, 0.717) is 0 Å². The molecule has 1 N–H and O–H groups in total. The molecule has 0 spiro atoms. The minimum absolute atomic E-state index is 0.0469. The molecule has 28 heavy (non-hydrogen) atoms. The quantitative estimate of drug-likeness (QED) is 0.507. The van der Waals surface area contributed by atoms with Crippen LogP contribution in [0.5, 0.6) is 0 Å². The zero-order chi connectivity index (χ0) is 20.9. The summed E-state index contributed by atoms with van der Waals surface area (Å²) in [5.41, 5.74) is -3.98. The molecule has 0 bridgehead atoms. The van der Waals surface area contributed by atoms with E-state index in [9.17, 15) is 22.8 Å². The van der Waals surface area contributed by atoms with Gasteiger partial charge in [0.25, 0.3) is 5.56 Å². The van der Waals surface area contributed by atoms with Gasteiger partial charge >= 0.3 is 5.51 Å². The van der Waals surface area contributed by atoms with E-state index in [1.165, 1.54) is 19.2 Å². The fourth-order valence-corrected chi connectivity index (χ4v) is 3.35. The molecule has 2 rings (SSSR count). The number of rotatable bonds is 8. The fourth-order valence-electron chi connectivity index (χ4n) is 2.82. The van der Waals surface area contributed by atoms with Gasteiger partial charge in [0.1, 0.15) is 18.1 Å². The van der Waals surface area contributed by atoms with Crippen molar-refractivity contribution in [3.63, 3.8) is 0 Å². The second kappa shape index (κ2) is 9.38. The smallest absolute Gasteiger partial charge is 0.377 e. The summed E-state index contributed by atoms with van der Waals surface area (Å²) in [5, 5.41) is 0. The minimum atomic E-state index is -4.35. The lowest BCUT2D eigenvalue weighted by molar-refractivity contribution is -0.0328. The summed E-state index contributed by atoms with van der Waals surface area (Å²) in [7, 11) is 1.45.